The molecule has 0 unspecified atom stereocenters. The summed E-state index contributed by atoms with van der Waals surface area (Å²) >= 11 is 0. The zero-order valence-corrected chi connectivity index (χ0v) is 10.7. The van der Waals surface area contributed by atoms with Crippen molar-refractivity contribution in [2.75, 3.05) is 0 Å². The van der Waals surface area contributed by atoms with Crippen LogP contribution in [0.4, 0.5) is 0 Å². The molecule has 0 bridgehead atoms. The van der Waals surface area contributed by atoms with Gasteiger partial charge in [0.05, 0.1) is 0 Å². The van der Waals surface area contributed by atoms with Gasteiger partial charge in [-0.15, -0.1) is 5.10 Å². The van der Waals surface area contributed by atoms with Crippen LogP contribution in [0.2, 0.25) is 0 Å². The molecule has 0 N–H and O–H groups in total. The number of aromatic nitrogens is 3. The van der Waals surface area contributed by atoms with Gasteiger partial charge in [-0.25, -0.2) is 4.68 Å². The van der Waals surface area contributed by atoms with Crippen LogP contribution in [-0.4, -0.2) is 21.3 Å². The van der Waals surface area contributed by atoms with Crippen LogP contribution in [0, 0.1) is 13.8 Å². The molecule has 1 aromatic carbocycles. The van der Waals surface area contributed by atoms with Crippen molar-refractivity contribution < 1.29 is 9.53 Å². The third-order valence-corrected chi connectivity index (χ3v) is 2.85. The summed E-state index contributed by atoms with van der Waals surface area (Å²) in [5.41, 5.74) is 3.13. The number of para-hydroxylation sites is 1. The predicted molar refractivity (Wildman–Crippen MR) is 66.6 cm³/mol. The van der Waals surface area contributed by atoms with E-state index in [0.717, 1.165) is 16.9 Å². The summed E-state index contributed by atoms with van der Waals surface area (Å²) in [6.45, 7) is 4.26. The van der Waals surface area contributed by atoms with E-state index in [0.29, 0.717) is 17.7 Å². The predicted octanol–water partition coefficient (Wildman–Crippen LogP) is 1.82. The lowest BCUT2D eigenvalue weighted by molar-refractivity contribution is 0.111. The molecule has 0 amide bonds. The molecule has 5 nitrogen and oxygen atoms in total. The van der Waals surface area contributed by atoms with E-state index in [-0.39, 0.29) is 6.61 Å². The van der Waals surface area contributed by atoms with Gasteiger partial charge in [-0.3, -0.25) is 4.79 Å². The first-order valence-electron chi connectivity index (χ1n) is 5.66. The standard InChI is InChI=1S/C13H15N3O2/c1-9-5-4-6-10(2)13(9)18-8-12-11(7-17)14-15-16(12)3/h4-7H,8H2,1-3H3. The van der Waals surface area contributed by atoms with Gasteiger partial charge in [-0.2, -0.15) is 0 Å². The van der Waals surface area contributed by atoms with Crippen molar-refractivity contribution in [3.8, 4) is 5.75 Å². The van der Waals surface area contributed by atoms with E-state index in [9.17, 15) is 4.79 Å². The number of hydrogen-bond acceptors (Lipinski definition) is 4. The summed E-state index contributed by atoms with van der Waals surface area (Å²) in [4.78, 5) is 10.8. The normalized spacial score (nSPS) is 10.4. The van der Waals surface area contributed by atoms with Crippen LogP contribution in [0.1, 0.15) is 27.3 Å². The third-order valence-electron chi connectivity index (χ3n) is 2.85. The van der Waals surface area contributed by atoms with Gasteiger partial charge in [0.1, 0.15) is 18.1 Å². The lowest BCUT2D eigenvalue weighted by Crippen LogP contribution is -2.06. The SMILES string of the molecule is Cc1cccc(C)c1OCc1c(C=O)nnn1C. The van der Waals surface area contributed by atoms with Gasteiger partial charge in [-0.1, -0.05) is 23.4 Å². The van der Waals surface area contributed by atoms with Crippen LogP contribution in [0.3, 0.4) is 0 Å². The Morgan fingerprint density at radius 3 is 2.61 bits per heavy atom. The van der Waals surface area contributed by atoms with E-state index in [1.54, 1.807) is 11.7 Å². The second-order valence-electron chi connectivity index (χ2n) is 4.17. The summed E-state index contributed by atoms with van der Waals surface area (Å²) in [7, 11) is 1.74. The zero-order chi connectivity index (χ0) is 13.1. The molecule has 1 heterocycles. The summed E-state index contributed by atoms with van der Waals surface area (Å²) in [5.74, 6) is 0.843. The van der Waals surface area contributed by atoms with E-state index in [1.807, 2.05) is 32.0 Å². The highest BCUT2D eigenvalue weighted by Crippen LogP contribution is 2.23. The average Bonchev–Trinajstić information content (AvgIpc) is 2.70. The van der Waals surface area contributed by atoms with E-state index in [2.05, 4.69) is 10.3 Å². The minimum Gasteiger partial charge on any atom is -0.487 e. The highest BCUT2D eigenvalue weighted by Gasteiger charge is 2.11. The van der Waals surface area contributed by atoms with E-state index >= 15 is 0 Å². The van der Waals surface area contributed by atoms with Crippen LogP contribution < -0.4 is 4.74 Å². The lowest BCUT2D eigenvalue weighted by Gasteiger charge is -2.11. The van der Waals surface area contributed by atoms with Gasteiger partial charge in [0.2, 0.25) is 0 Å². The number of benzene rings is 1. The van der Waals surface area contributed by atoms with Crippen LogP contribution in [-0.2, 0) is 13.7 Å². The molecule has 2 rings (SSSR count). The molecule has 1 aromatic heterocycles. The first kappa shape index (κ1) is 12.3. The van der Waals surface area contributed by atoms with Gasteiger partial charge in [0, 0.05) is 7.05 Å². The summed E-state index contributed by atoms with van der Waals surface area (Å²) in [6.07, 6.45) is 0.691. The molecular formula is C13H15N3O2. The molecule has 2 aromatic rings. The Morgan fingerprint density at radius 1 is 1.33 bits per heavy atom. The van der Waals surface area contributed by atoms with E-state index in [4.69, 9.17) is 4.74 Å². The van der Waals surface area contributed by atoms with Crippen LogP contribution in [0.25, 0.3) is 0 Å². The van der Waals surface area contributed by atoms with Crippen LogP contribution >= 0.6 is 0 Å². The molecule has 0 saturated heterocycles. The Balaban J connectivity index is 2.21. The largest absolute Gasteiger partial charge is 0.487 e. The molecule has 18 heavy (non-hydrogen) atoms. The van der Waals surface area contributed by atoms with Gasteiger partial charge >= 0.3 is 0 Å². The Morgan fingerprint density at radius 2 is 2.00 bits per heavy atom. The molecule has 0 spiro atoms. The fraction of sp³-hybridized carbons (Fsp3) is 0.308. The molecule has 5 heteroatoms. The Labute approximate surface area is 105 Å². The number of ether oxygens (including phenoxy) is 1. The van der Waals surface area contributed by atoms with Crippen molar-refractivity contribution >= 4 is 6.29 Å². The van der Waals surface area contributed by atoms with Crippen molar-refractivity contribution in [1.29, 1.82) is 0 Å². The molecular weight excluding hydrogens is 230 g/mol. The molecule has 94 valence electrons. The van der Waals surface area contributed by atoms with Gasteiger partial charge in [-0.05, 0) is 25.0 Å². The van der Waals surface area contributed by atoms with Crippen molar-refractivity contribution in [2.24, 2.45) is 7.05 Å². The lowest BCUT2D eigenvalue weighted by atomic mass is 10.1. The average molecular weight is 245 g/mol. The molecule has 0 fully saturated rings. The highest BCUT2D eigenvalue weighted by atomic mass is 16.5. The monoisotopic (exact) mass is 245 g/mol. The number of carbonyl (C=O) groups excluding carboxylic acids is 1. The maximum Gasteiger partial charge on any atom is 0.172 e. The minimum absolute atomic E-state index is 0.281. The number of aryl methyl sites for hydroxylation is 3. The molecule has 0 atom stereocenters. The number of carbonyl (C=O) groups is 1. The smallest absolute Gasteiger partial charge is 0.172 e. The topological polar surface area (TPSA) is 57.0 Å². The van der Waals surface area contributed by atoms with E-state index in [1.165, 1.54) is 0 Å². The maximum absolute atomic E-state index is 10.8. The summed E-state index contributed by atoms with van der Waals surface area (Å²) in [6, 6.07) is 5.97. The van der Waals surface area contributed by atoms with Crippen molar-refractivity contribution in [3.63, 3.8) is 0 Å². The highest BCUT2D eigenvalue weighted by molar-refractivity contribution is 5.73. The second kappa shape index (κ2) is 5.00. The maximum atomic E-state index is 10.8. The van der Waals surface area contributed by atoms with E-state index < -0.39 is 0 Å². The number of rotatable bonds is 4. The molecule has 0 aliphatic heterocycles. The zero-order valence-electron chi connectivity index (χ0n) is 10.7. The van der Waals surface area contributed by atoms with Gasteiger partial charge in [0.25, 0.3) is 0 Å². The minimum atomic E-state index is 0.281. The number of aldehydes is 1. The Hall–Kier alpha value is -2.17. The fourth-order valence-electron chi connectivity index (χ4n) is 1.82. The van der Waals surface area contributed by atoms with Gasteiger partial charge in [0.15, 0.2) is 12.0 Å². The fourth-order valence-corrected chi connectivity index (χ4v) is 1.82. The van der Waals surface area contributed by atoms with Crippen molar-refractivity contribution in [3.05, 3.63) is 40.7 Å². The first-order valence-corrected chi connectivity index (χ1v) is 5.66. The Bertz CT molecular complexity index is 555. The first-order chi connectivity index (χ1) is 8.63. The van der Waals surface area contributed by atoms with Crippen molar-refractivity contribution in [1.82, 2.24) is 15.0 Å². The summed E-state index contributed by atoms with van der Waals surface area (Å²) in [5, 5.41) is 7.56. The van der Waals surface area contributed by atoms with Gasteiger partial charge < -0.3 is 4.74 Å². The summed E-state index contributed by atoms with van der Waals surface area (Å²) < 4.78 is 7.33. The molecule has 0 radical (unpaired) electrons. The Kier molecular flexibility index (Phi) is 3.41. The molecule has 0 saturated carbocycles. The quantitative estimate of drug-likeness (QED) is 0.771. The molecule has 0 aliphatic rings. The number of nitrogens with zero attached hydrogens (tertiary/aromatic N) is 3. The van der Waals surface area contributed by atoms with Crippen LogP contribution in [0.5, 0.6) is 5.75 Å². The van der Waals surface area contributed by atoms with Crippen molar-refractivity contribution in [2.45, 2.75) is 20.5 Å². The second-order valence-corrected chi connectivity index (χ2v) is 4.17. The molecule has 0 aliphatic carbocycles. The van der Waals surface area contributed by atoms with Crippen LogP contribution in [0.15, 0.2) is 18.2 Å². The third kappa shape index (κ3) is 2.25. The number of hydrogen-bond donors (Lipinski definition) is 0.